The van der Waals surface area contributed by atoms with Gasteiger partial charge in [-0.15, -0.1) is 0 Å². The van der Waals surface area contributed by atoms with E-state index in [1.165, 1.54) is 0 Å². The SMILES string of the molecule is c1cc2c3c(c1)c1ccc[n+]4c1n3-c1c(cnc3c1[N+]41c4c(ncc5c4-n4c6c(cccc6c6ccc[n+]1c64)O5)O3)O2. The second kappa shape index (κ2) is 5.60. The molecule has 0 fully saturated rings. The van der Waals surface area contributed by atoms with Crippen molar-refractivity contribution in [2.45, 2.75) is 0 Å². The maximum atomic E-state index is 6.61. The van der Waals surface area contributed by atoms with E-state index in [1.807, 2.05) is 12.1 Å². The van der Waals surface area contributed by atoms with Crippen molar-refractivity contribution in [3.8, 4) is 46.1 Å². The lowest BCUT2D eigenvalue weighted by atomic mass is 10.1. The quantitative estimate of drug-likeness (QED) is 0.180. The van der Waals surface area contributed by atoms with Crippen molar-refractivity contribution >= 4 is 55.2 Å². The number of quaternary nitrogens is 1. The molecule has 0 saturated carbocycles. The zero-order chi connectivity index (χ0) is 26.6. The molecular formula is C32H14N7O3+3. The fourth-order valence-corrected chi connectivity index (χ4v) is 8.25. The van der Waals surface area contributed by atoms with Crippen LogP contribution in [0.2, 0.25) is 0 Å². The molecule has 0 radical (unpaired) electrons. The summed E-state index contributed by atoms with van der Waals surface area (Å²) in [5.74, 6) is 3.95. The van der Waals surface area contributed by atoms with E-state index in [0.717, 1.165) is 78.1 Å². The van der Waals surface area contributed by atoms with Crippen LogP contribution in [0.3, 0.4) is 0 Å². The maximum absolute atomic E-state index is 6.61. The second-order valence-corrected chi connectivity index (χ2v) is 11.3. The Morgan fingerprint density at radius 2 is 1.05 bits per heavy atom. The van der Waals surface area contributed by atoms with E-state index in [2.05, 4.69) is 79.4 Å². The summed E-state index contributed by atoms with van der Waals surface area (Å²) in [5, 5.41) is 4.52. The molecule has 2 aromatic carbocycles. The molecule has 0 N–H and O–H groups in total. The molecule has 10 nitrogen and oxygen atoms in total. The maximum Gasteiger partial charge on any atom is 0.350 e. The average molecular weight is 545 g/mol. The zero-order valence-electron chi connectivity index (χ0n) is 21.4. The summed E-state index contributed by atoms with van der Waals surface area (Å²) >= 11 is 0. The Hall–Kier alpha value is -6.00. The standard InChI is InChI=1S/C32H14N7O3/c1-5-15-17-7-3-11-35-31(17)37-23(15)19(9-1)40-21-13-33-29-27(25(21)37)39(35)28-26-22(14-34-30(28)42-29)41-20-10-2-6-16-18-8-4-12-36(39)32(18)38(26)24(16)20/h1-14H/q+3. The van der Waals surface area contributed by atoms with Gasteiger partial charge in [0.2, 0.25) is 0 Å². The highest BCUT2D eigenvalue weighted by molar-refractivity contribution is 6.13. The number of aromatic nitrogens is 6. The van der Waals surface area contributed by atoms with Crippen LogP contribution in [-0.4, -0.2) is 19.1 Å². The van der Waals surface area contributed by atoms with Gasteiger partial charge in [-0.2, -0.15) is 9.13 Å². The highest BCUT2D eigenvalue weighted by Crippen LogP contribution is 2.62. The molecule has 11 heterocycles. The fraction of sp³-hybridized carbons (Fsp3) is 0. The predicted molar refractivity (Wildman–Crippen MR) is 150 cm³/mol. The molecule has 10 heteroatoms. The summed E-state index contributed by atoms with van der Waals surface area (Å²) in [6, 6.07) is 21.1. The fourth-order valence-electron chi connectivity index (χ4n) is 8.25. The lowest BCUT2D eigenvalue weighted by Gasteiger charge is -2.38. The topological polar surface area (TPSA) is 71.1 Å². The Kier molecular flexibility index (Phi) is 2.55. The molecule has 0 unspecified atom stereocenters. The first-order valence-electron chi connectivity index (χ1n) is 13.8. The smallest absolute Gasteiger partial charge is 0.350 e. The van der Waals surface area contributed by atoms with Crippen molar-refractivity contribution in [2.75, 3.05) is 0 Å². The van der Waals surface area contributed by atoms with Gasteiger partial charge in [-0.25, -0.2) is 9.97 Å². The minimum Gasteiger partial charge on any atom is -0.446 e. The van der Waals surface area contributed by atoms with Gasteiger partial charge in [-0.1, -0.05) is 12.1 Å². The second-order valence-electron chi connectivity index (χ2n) is 11.3. The summed E-state index contributed by atoms with van der Waals surface area (Å²) in [4.78, 5) is 9.72. The van der Waals surface area contributed by atoms with Gasteiger partial charge in [0.15, 0.2) is 46.4 Å². The third kappa shape index (κ3) is 1.60. The van der Waals surface area contributed by atoms with Gasteiger partial charge in [-0.3, -0.25) is 0 Å². The minimum absolute atomic E-state index is 0.121. The summed E-state index contributed by atoms with van der Waals surface area (Å²) < 4.78 is 29.2. The number of fused-ring (bicyclic) bond motifs is 2. The number of ether oxygens (including phenoxy) is 3. The molecule has 5 aliphatic heterocycles. The first-order chi connectivity index (χ1) is 20.8. The molecule has 0 amide bonds. The predicted octanol–water partition coefficient (Wildman–Crippen LogP) is 5.76. The van der Waals surface area contributed by atoms with Crippen LogP contribution >= 0.6 is 0 Å². The summed E-state index contributed by atoms with van der Waals surface area (Å²) in [5.41, 5.74) is 7.70. The largest absolute Gasteiger partial charge is 0.446 e. The van der Waals surface area contributed by atoms with Crippen LogP contribution in [0.15, 0.2) is 85.5 Å². The molecule has 8 aromatic rings. The Morgan fingerprint density at radius 3 is 1.57 bits per heavy atom. The first kappa shape index (κ1) is 19.1. The van der Waals surface area contributed by atoms with Gasteiger partial charge in [-0.05, 0) is 57.9 Å². The molecule has 42 heavy (non-hydrogen) atoms. The molecule has 1 spiro atoms. The number of pyridine rings is 4. The van der Waals surface area contributed by atoms with Crippen LogP contribution in [0.4, 0.5) is 11.4 Å². The normalized spacial score (nSPS) is 15.9. The number of benzene rings is 2. The van der Waals surface area contributed by atoms with Crippen molar-refractivity contribution in [1.29, 1.82) is 0 Å². The molecular weight excluding hydrogens is 530 g/mol. The van der Waals surface area contributed by atoms with E-state index >= 15 is 0 Å². The molecule has 13 rings (SSSR count). The van der Waals surface area contributed by atoms with E-state index in [1.54, 1.807) is 12.4 Å². The lowest BCUT2D eigenvalue weighted by molar-refractivity contribution is -1.02. The Bertz CT molecular complexity index is 2550. The minimum atomic E-state index is 0.121. The Labute approximate surface area is 234 Å². The third-order valence-corrected chi connectivity index (χ3v) is 9.59. The number of hydrogen-bond donors (Lipinski definition) is 0. The van der Waals surface area contributed by atoms with Crippen molar-refractivity contribution in [3.63, 3.8) is 0 Å². The van der Waals surface area contributed by atoms with Crippen molar-refractivity contribution in [2.24, 2.45) is 0 Å². The van der Waals surface area contributed by atoms with E-state index in [4.69, 9.17) is 24.2 Å². The van der Waals surface area contributed by atoms with Crippen LogP contribution in [0.5, 0.6) is 34.8 Å². The summed E-state index contributed by atoms with van der Waals surface area (Å²) in [6.45, 7) is 0. The van der Waals surface area contributed by atoms with Gasteiger partial charge >= 0.3 is 22.7 Å². The van der Waals surface area contributed by atoms with Gasteiger partial charge in [0, 0.05) is 10.8 Å². The van der Waals surface area contributed by atoms with E-state index in [-0.39, 0.29) is 4.70 Å². The van der Waals surface area contributed by atoms with Gasteiger partial charge < -0.3 is 14.2 Å². The van der Waals surface area contributed by atoms with E-state index in [9.17, 15) is 0 Å². The van der Waals surface area contributed by atoms with Crippen LogP contribution < -0.4 is 28.3 Å². The first-order valence-corrected chi connectivity index (χ1v) is 13.8. The molecule has 0 bridgehead atoms. The van der Waals surface area contributed by atoms with Crippen LogP contribution in [0, 0.1) is 0 Å². The van der Waals surface area contributed by atoms with Crippen molar-refractivity contribution in [3.05, 3.63) is 85.5 Å². The van der Waals surface area contributed by atoms with Crippen LogP contribution in [-0.2, 0) is 0 Å². The van der Waals surface area contributed by atoms with Gasteiger partial charge in [0.25, 0.3) is 23.1 Å². The Balaban J connectivity index is 1.41. The summed E-state index contributed by atoms with van der Waals surface area (Å²) in [7, 11) is 0. The van der Waals surface area contributed by atoms with Crippen LogP contribution in [0.1, 0.15) is 0 Å². The van der Waals surface area contributed by atoms with Crippen molar-refractivity contribution in [1.82, 2.24) is 23.8 Å². The molecule has 0 atom stereocenters. The number of nitrogens with zero attached hydrogens (tertiary/aromatic N) is 7. The third-order valence-electron chi connectivity index (χ3n) is 9.59. The van der Waals surface area contributed by atoms with E-state index in [0.29, 0.717) is 23.3 Å². The molecule has 0 saturated heterocycles. The highest BCUT2D eigenvalue weighted by atomic mass is 16.5. The highest BCUT2D eigenvalue weighted by Gasteiger charge is 2.69. The molecule has 5 aliphatic rings. The number of hydrogen-bond acceptors (Lipinski definition) is 5. The average Bonchev–Trinajstić information content (AvgIpc) is 3.56. The van der Waals surface area contributed by atoms with Gasteiger partial charge in [0.1, 0.15) is 0 Å². The van der Waals surface area contributed by atoms with Crippen LogP contribution in [0.25, 0.3) is 55.2 Å². The lowest BCUT2D eigenvalue weighted by Crippen LogP contribution is -2.86. The molecule has 192 valence electrons. The monoisotopic (exact) mass is 544 g/mol. The zero-order valence-corrected chi connectivity index (χ0v) is 21.4. The number of para-hydroxylation sites is 2. The van der Waals surface area contributed by atoms with Crippen molar-refractivity contribution < 1.29 is 23.6 Å². The molecule has 0 aliphatic carbocycles. The summed E-state index contributed by atoms with van der Waals surface area (Å²) in [6.07, 6.45) is 7.82. The molecule has 6 aromatic heterocycles. The van der Waals surface area contributed by atoms with Gasteiger partial charge in [0.05, 0.1) is 27.9 Å². The van der Waals surface area contributed by atoms with E-state index < -0.39 is 0 Å². The Morgan fingerprint density at radius 1 is 0.548 bits per heavy atom. The number of rotatable bonds is 0.